The molecule has 2 amide bonds. The Bertz CT molecular complexity index is 1340. The van der Waals surface area contributed by atoms with Gasteiger partial charge < -0.3 is 10.4 Å². The first-order valence-corrected chi connectivity index (χ1v) is 12.2. The summed E-state index contributed by atoms with van der Waals surface area (Å²) in [5.41, 5.74) is 0.654. The van der Waals surface area contributed by atoms with Crippen LogP contribution in [0.1, 0.15) is 63.4 Å². The third kappa shape index (κ3) is 6.19. The van der Waals surface area contributed by atoms with Crippen LogP contribution in [-0.2, 0) is 11.2 Å². The average molecular weight is 608 g/mol. The molecule has 0 fully saturated rings. The summed E-state index contributed by atoms with van der Waals surface area (Å²) < 4.78 is 0.457. The molecule has 0 radical (unpaired) electrons. The van der Waals surface area contributed by atoms with E-state index in [4.69, 9.17) is 0 Å². The molecule has 1 heterocycles. The number of nitro benzene ring substituents is 1. The molecule has 3 N–H and O–H groups in total. The Hall–Kier alpha value is -3.39. The highest BCUT2D eigenvalue weighted by atomic mass is 127. The fourth-order valence-electron chi connectivity index (χ4n) is 3.28. The SMILES string of the molecule is CC(=O)Nc1ccc(C(=O)O)c(Cc2ccc(C(=O)Nc3ncc(C(C)C)s3)cc2[N+](=O)[O-])c1I. The van der Waals surface area contributed by atoms with Crippen molar-refractivity contribution in [3.8, 4) is 0 Å². The second-order valence-corrected chi connectivity index (χ2v) is 10.0. The van der Waals surface area contributed by atoms with Gasteiger partial charge in [-0.3, -0.25) is 25.0 Å². The number of halogens is 1. The largest absolute Gasteiger partial charge is 0.478 e. The third-order valence-corrected chi connectivity index (χ3v) is 7.45. The molecular formula is C23H21IN4O6S. The average Bonchev–Trinajstić information content (AvgIpc) is 3.25. The maximum absolute atomic E-state index is 12.7. The Morgan fingerprint density at radius 2 is 1.91 bits per heavy atom. The fourth-order valence-corrected chi connectivity index (χ4v) is 4.89. The molecule has 0 saturated heterocycles. The molecule has 10 nitrogen and oxygen atoms in total. The lowest BCUT2D eigenvalue weighted by Crippen LogP contribution is -2.14. The van der Waals surface area contributed by atoms with Gasteiger partial charge in [-0.25, -0.2) is 9.78 Å². The van der Waals surface area contributed by atoms with Crippen LogP contribution in [0.5, 0.6) is 0 Å². The van der Waals surface area contributed by atoms with Crippen molar-refractivity contribution in [2.24, 2.45) is 0 Å². The summed E-state index contributed by atoms with van der Waals surface area (Å²) in [6.45, 7) is 5.33. The molecule has 12 heteroatoms. The summed E-state index contributed by atoms with van der Waals surface area (Å²) in [5, 5.41) is 27.1. The molecule has 0 unspecified atom stereocenters. The molecule has 182 valence electrons. The predicted molar refractivity (Wildman–Crippen MR) is 140 cm³/mol. The van der Waals surface area contributed by atoms with Crippen LogP contribution in [0.15, 0.2) is 36.5 Å². The molecule has 0 aliphatic carbocycles. The van der Waals surface area contributed by atoms with Crippen LogP contribution in [0.3, 0.4) is 0 Å². The number of hydrogen-bond donors (Lipinski definition) is 3. The Morgan fingerprint density at radius 1 is 1.20 bits per heavy atom. The number of nitrogens with one attached hydrogen (secondary N) is 2. The number of carboxylic acid groups (broad SMARTS) is 1. The number of anilines is 2. The lowest BCUT2D eigenvalue weighted by atomic mass is 9.96. The third-order valence-electron chi connectivity index (χ3n) is 5.01. The molecule has 0 atom stereocenters. The van der Waals surface area contributed by atoms with E-state index in [1.54, 1.807) is 6.20 Å². The highest BCUT2D eigenvalue weighted by molar-refractivity contribution is 14.1. The molecule has 1 aromatic heterocycles. The minimum Gasteiger partial charge on any atom is -0.478 e. The van der Waals surface area contributed by atoms with Gasteiger partial charge in [0.2, 0.25) is 5.91 Å². The molecule has 2 aromatic carbocycles. The van der Waals surface area contributed by atoms with Crippen LogP contribution in [0.4, 0.5) is 16.5 Å². The summed E-state index contributed by atoms with van der Waals surface area (Å²) in [7, 11) is 0. The zero-order valence-electron chi connectivity index (χ0n) is 18.9. The topological polar surface area (TPSA) is 152 Å². The molecule has 35 heavy (non-hydrogen) atoms. The molecular weight excluding hydrogens is 587 g/mol. The molecule has 3 aromatic rings. The smallest absolute Gasteiger partial charge is 0.336 e. The highest BCUT2D eigenvalue weighted by Gasteiger charge is 2.23. The molecule has 3 rings (SSSR count). The van der Waals surface area contributed by atoms with E-state index in [-0.39, 0.29) is 40.6 Å². The summed E-state index contributed by atoms with van der Waals surface area (Å²) in [5.74, 6) is -1.83. The summed E-state index contributed by atoms with van der Waals surface area (Å²) >= 11 is 3.23. The van der Waals surface area contributed by atoms with Crippen molar-refractivity contribution in [1.82, 2.24) is 4.98 Å². The van der Waals surface area contributed by atoms with E-state index in [1.165, 1.54) is 42.5 Å². The van der Waals surface area contributed by atoms with Gasteiger partial charge in [0, 0.05) is 45.2 Å². The number of carbonyl (C=O) groups excluding carboxylic acids is 2. The number of nitro groups is 1. The lowest BCUT2D eigenvalue weighted by Gasteiger charge is -2.14. The van der Waals surface area contributed by atoms with Crippen molar-refractivity contribution in [1.29, 1.82) is 0 Å². The maximum Gasteiger partial charge on any atom is 0.336 e. The normalized spacial score (nSPS) is 10.8. The Labute approximate surface area is 218 Å². The van der Waals surface area contributed by atoms with Gasteiger partial charge in [-0.15, -0.1) is 11.3 Å². The number of carboxylic acids is 1. The standard InChI is InChI=1S/C23H21IN4O6S/c1-11(2)19-10-25-23(35-19)27-21(30)14-5-4-13(18(9-14)28(33)34)8-16-15(22(31)32)6-7-17(20(16)24)26-12(3)29/h4-7,9-11H,8H2,1-3H3,(H,26,29)(H,31,32)(H,25,27,30). The second-order valence-electron chi connectivity index (χ2n) is 7.89. The minimum atomic E-state index is -1.20. The predicted octanol–water partition coefficient (Wildman–Crippen LogP) is 5.28. The first kappa shape index (κ1) is 26.2. The van der Waals surface area contributed by atoms with Crippen LogP contribution in [0.25, 0.3) is 0 Å². The Morgan fingerprint density at radius 3 is 2.49 bits per heavy atom. The van der Waals surface area contributed by atoms with E-state index < -0.39 is 16.8 Å². The van der Waals surface area contributed by atoms with Gasteiger partial charge >= 0.3 is 5.97 Å². The van der Waals surface area contributed by atoms with E-state index in [0.29, 0.717) is 20.0 Å². The molecule has 0 aliphatic rings. The van der Waals surface area contributed by atoms with Crippen LogP contribution in [0.2, 0.25) is 0 Å². The molecule has 0 spiro atoms. The fraction of sp³-hybridized carbons (Fsp3) is 0.217. The number of amides is 2. The van der Waals surface area contributed by atoms with Crippen molar-refractivity contribution in [2.45, 2.75) is 33.1 Å². The van der Waals surface area contributed by atoms with Crippen LogP contribution < -0.4 is 10.6 Å². The van der Waals surface area contributed by atoms with E-state index in [2.05, 4.69) is 15.6 Å². The number of benzene rings is 2. The summed E-state index contributed by atoms with van der Waals surface area (Å²) in [4.78, 5) is 52.4. The first-order valence-electron chi connectivity index (χ1n) is 10.3. The second kappa shape index (κ2) is 10.9. The zero-order chi connectivity index (χ0) is 25.9. The maximum atomic E-state index is 12.7. The van der Waals surface area contributed by atoms with Gasteiger partial charge in [0.15, 0.2) is 5.13 Å². The van der Waals surface area contributed by atoms with Crippen molar-refractivity contribution in [3.05, 3.63) is 77.3 Å². The number of rotatable bonds is 8. The van der Waals surface area contributed by atoms with E-state index in [9.17, 15) is 29.6 Å². The van der Waals surface area contributed by atoms with Crippen molar-refractivity contribution >= 4 is 68.2 Å². The van der Waals surface area contributed by atoms with Crippen molar-refractivity contribution in [3.63, 3.8) is 0 Å². The zero-order valence-corrected chi connectivity index (χ0v) is 21.9. The number of aromatic nitrogens is 1. The number of nitrogens with zero attached hydrogens (tertiary/aromatic N) is 2. The molecule has 0 saturated carbocycles. The number of carbonyl (C=O) groups is 3. The van der Waals surface area contributed by atoms with Crippen LogP contribution in [0, 0.1) is 13.7 Å². The lowest BCUT2D eigenvalue weighted by molar-refractivity contribution is -0.385. The van der Waals surface area contributed by atoms with Crippen LogP contribution >= 0.6 is 33.9 Å². The van der Waals surface area contributed by atoms with Crippen molar-refractivity contribution < 1.29 is 24.4 Å². The summed E-state index contributed by atoms with van der Waals surface area (Å²) in [6.07, 6.45) is 1.59. The first-order chi connectivity index (χ1) is 16.5. The van der Waals surface area contributed by atoms with Gasteiger partial charge in [-0.1, -0.05) is 19.9 Å². The highest BCUT2D eigenvalue weighted by Crippen LogP contribution is 2.32. The number of thiazole rings is 1. The van der Waals surface area contributed by atoms with Crippen molar-refractivity contribution in [2.75, 3.05) is 10.6 Å². The number of hydrogen-bond acceptors (Lipinski definition) is 7. The molecule has 0 aliphatic heterocycles. The van der Waals surface area contributed by atoms with E-state index in [0.717, 1.165) is 10.9 Å². The molecule has 0 bridgehead atoms. The van der Waals surface area contributed by atoms with E-state index >= 15 is 0 Å². The van der Waals surface area contributed by atoms with Crippen LogP contribution in [-0.4, -0.2) is 32.8 Å². The van der Waals surface area contributed by atoms with E-state index in [1.807, 2.05) is 36.4 Å². The van der Waals surface area contributed by atoms with Gasteiger partial charge in [0.05, 0.1) is 16.2 Å². The summed E-state index contributed by atoms with van der Waals surface area (Å²) in [6, 6.07) is 6.85. The van der Waals surface area contributed by atoms with Gasteiger partial charge in [0.25, 0.3) is 11.6 Å². The van der Waals surface area contributed by atoms with Gasteiger partial charge in [-0.2, -0.15) is 0 Å². The Balaban J connectivity index is 1.96. The van der Waals surface area contributed by atoms with Gasteiger partial charge in [-0.05, 0) is 52.3 Å². The monoisotopic (exact) mass is 608 g/mol. The quantitative estimate of drug-likeness (QED) is 0.179. The number of aromatic carboxylic acids is 1. The van der Waals surface area contributed by atoms with Gasteiger partial charge in [0.1, 0.15) is 0 Å². The minimum absolute atomic E-state index is 0.0376. The Kier molecular flexibility index (Phi) is 8.17.